The average Bonchev–Trinajstić information content (AvgIpc) is 3.07. The van der Waals surface area contributed by atoms with Gasteiger partial charge in [0.1, 0.15) is 13.2 Å². The number of phosphoric acid groups is 1. The lowest BCUT2D eigenvalue weighted by atomic mass is 10.1. The van der Waals surface area contributed by atoms with Crippen LogP contribution in [-0.2, 0) is 18.4 Å². The SMILES string of the molecule is CCCCC/C=C\CCCCCCCC(=O)NC(COP(=O)(O)OCC[N+](C)(C)C)C(O)/C=C/CC/C=C/CCCCCCCCCCCCC. The number of carbonyl (C=O) groups is 1. The van der Waals surface area contributed by atoms with E-state index in [1.165, 1.54) is 103 Å². The molecule has 0 aliphatic carbocycles. The van der Waals surface area contributed by atoms with Gasteiger partial charge in [-0.1, -0.05) is 147 Å². The molecule has 51 heavy (non-hydrogen) atoms. The minimum Gasteiger partial charge on any atom is -0.387 e. The van der Waals surface area contributed by atoms with Gasteiger partial charge in [0.05, 0.1) is 39.9 Å². The van der Waals surface area contributed by atoms with Crippen LogP contribution in [0.25, 0.3) is 0 Å². The van der Waals surface area contributed by atoms with Crippen molar-refractivity contribution in [3.63, 3.8) is 0 Å². The first-order valence-electron chi connectivity index (χ1n) is 20.9. The molecule has 0 aromatic carbocycles. The van der Waals surface area contributed by atoms with E-state index in [1.54, 1.807) is 6.08 Å². The number of allylic oxidation sites excluding steroid dienone is 5. The first kappa shape index (κ1) is 49.7. The molecule has 300 valence electrons. The molecule has 0 spiro atoms. The highest BCUT2D eigenvalue weighted by molar-refractivity contribution is 7.47. The van der Waals surface area contributed by atoms with Crippen LogP contribution in [0.1, 0.15) is 174 Å². The summed E-state index contributed by atoms with van der Waals surface area (Å²) in [7, 11) is 1.55. The molecular formula is C42H82N2O6P+. The van der Waals surface area contributed by atoms with Crippen molar-refractivity contribution in [2.45, 2.75) is 187 Å². The second-order valence-corrected chi connectivity index (χ2v) is 16.8. The van der Waals surface area contributed by atoms with Crippen molar-refractivity contribution in [3.05, 3.63) is 36.5 Å². The summed E-state index contributed by atoms with van der Waals surface area (Å²) in [5.41, 5.74) is 0. The summed E-state index contributed by atoms with van der Waals surface area (Å²) in [5.74, 6) is -0.199. The van der Waals surface area contributed by atoms with E-state index in [0.717, 1.165) is 51.4 Å². The molecule has 1 amide bonds. The van der Waals surface area contributed by atoms with Crippen LogP contribution >= 0.6 is 7.82 Å². The fourth-order valence-electron chi connectivity index (χ4n) is 5.70. The van der Waals surface area contributed by atoms with E-state index in [2.05, 4.69) is 43.5 Å². The summed E-state index contributed by atoms with van der Waals surface area (Å²) < 4.78 is 23.5. The highest BCUT2D eigenvalue weighted by atomic mass is 31.2. The number of rotatable bonds is 37. The van der Waals surface area contributed by atoms with Gasteiger partial charge in [0.2, 0.25) is 5.91 Å². The molecule has 0 aromatic rings. The molecular weight excluding hydrogens is 659 g/mol. The first-order chi connectivity index (χ1) is 24.5. The van der Waals surface area contributed by atoms with E-state index in [-0.39, 0.29) is 19.1 Å². The summed E-state index contributed by atoms with van der Waals surface area (Å²) in [6.45, 7) is 4.74. The van der Waals surface area contributed by atoms with Crippen LogP contribution in [0.15, 0.2) is 36.5 Å². The molecule has 0 heterocycles. The maximum absolute atomic E-state index is 12.8. The Morgan fingerprint density at radius 3 is 1.61 bits per heavy atom. The monoisotopic (exact) mass is 742 g/mol. The number of aliphatic hydroxyl groups excluding tert-OH is 1. The number of likely N-dealkylation sites (N-methyl/N-ethyl adjacent to an activating group) is 1. The highest BCUT2D eigenvalue weighted by Gasteiger charge is 2.27. The average molecular weight is 742 g/mol. The van der Waals surface area contributed by atoms with E-state index < -0.39 is 20.0 Å². The molecule has 0 radical (unpaired) electrons. The Morgan fingerprint density at radius 2 is 1.08 bits per heavy atom. The molecule has 0 rings (SSSR count). The van der Waals surface area contributed by atoms with Crippen molar-refractivity contribution in [3.8, 4) is 0 Å². The number of amides is 1. The lowest BCUT2D eigenvalue weighted by Gasteiger charge is -2.25. The van der Waals surface area contributed by atoms with E-state index in [1.807, 2.05) is 27.2 Å². The quantitative estimate of drug-likeness (QED) is 0.0253. The predicted molar refractivity (Wildman–Crippen MR) is 217 cm³/mol. The largest absolute Gasteiger partial charge is 0.472 e. The smallest absolute Gasteiger partial charge is 0.387 e. The lowest BCUT2D eigenvalue weighted by molar-refractivity contribution is -0.870. The molecule has 0 aliphatic heterocycles. The summed E-state index contributed by atoms with van der Waals surface area (Å²) in [4.78, 5) is 23.0. The van der Waals surface area contributed by atoms with Gasteiger partial charge >= 0.3 is 7.82 Å². The third kappa shape index (κ3) is 36.9. The molecule has 3 atom stereocenters. The van der Waals surface area contributed by atoms with Crippen molar-refractivity contribution in [1.82, 2.24) is 5.32 Å². The number of nitrogens with zero attached hydrogens (tertiary/aromatic N) is 1. The zero-order chi connectivity index (χ0) is 37.9. The minimum atomic E-state index is -4.34. The van der Waals surface area contributed by atoms with E-state index >= 15 is 0 Å². The van der Waals surface area contributed by atoms with Gasteiger partial charge in [-0.3, -0.25) is 13.8 Å². The topological polar surface area (TPSA) is 105 Å². The Bertz CT molecular complexity index is 933. The first-order valence-corrected chi connectivity index (χ1v) is 22.4. The fourth-order valence-corrected chi connectivity index (χ4v) is 6.43. The van der Waals surface area contributed by atoms with E-state index in [9.17, 15) is 19.4 Å². The number of aliphatic hydroxyl groups is 1. The molecule has 8 nitrogen and oxygen atoms in total. The summed E-state index contributed by atoms with van der Waals surface area (Å²) in [6, 6.07) is -0.864. The van der Waals surface area contributed by atoms with Crippen molar-refractivity contribution in [2.75, 3.05) is 40.9 Å². The Morgan fingerprint density at radius 1 is 0.647 bits per heavy atom. The Hall–Kier alpha value is -1.28. The minimum absolute atomic E-state index is 0.0543. The van der Waals surface area contributed by atoms with Gasteiger partial charge in [-0.2, -0.15) is 0 Å². The van der Waals surface area contributed by atoms with Gasteiger partial charge in [-0.05, 0) is 57.8 Å². The molecule has 0 aromatic heterocycles. The van der Waals surface area contributed by atoms with Gasteiger partial charge < -0.3 is 19.8 Å². The second kappa shape index (κ2) is 34.5. The zero-order valence-corrected chi connectivity index (χ0v) is 34.7. The summed E-state index contributed by atoms with van der Waals surface area (Å²) >= 11 is 0. The van der Waals surface area contributed by atoms with Gasteiger partial charge in [0, 0.05) is 6.42 Å². The van der Waals surface area contributed by atoms with Crippen molar-refractivity contribution in [1.29, 1.82) is 0 Å². The van der Waals surface area contributed by atoms with Crippen molar-refractivity contribution < 1.29 is 32.9 Å². The number of phosphoric ester groups is 1. The summed E-state index contributed by atoms with van der Waals surface area (Å²) in [5, 5.41) is 13.8. The van der Waals surface area contributed by atoms with Crippen LogP contribution in [0.2, 0.25) is 0 Å². The van der Waals surface area contributed by atoms with Gasteiger partial charge in [-0.15, -0.1) is 0 Å². The number of carbonyl (C=O) groups excluding carboxylic acids is 1. The maximum Gasteiger partial charge on any atom is 0.472 e. The summed E-state index contributed by atoms with van der Waals surface area (Å²) in [6.07, 6.45) is 40.7. The zero-order valence-electron chi connectivity index (χ0n) is 33.8. The number of hydrogen-bond donors (Lipinski definition) is 3. The number of hydrogen-bond acceptors (Lipinski definition) is 5. The third-order valence-corrected chi connectivity index (χ3v) is 10.1. The molecule has 0 bridgehead atoms. The van der Waals surface area contributed by atoms with Gasteiger partial charge in [0.15, 0.2) is 0 Å². The third-order valence-electron chi connectivity index (χ3n) is 9.08. The Balaban J connectivity index is 4.54. The molecule has 3 unspecified atom stereocenters. The molecule has 3 N–H and O–H groups in total. The lowest BCUT2D eigenvalue weighted by Crippen LogP contribution is -2.45. The van der Waals surface area contributed by atoms with Crippen LogP contribution < -0.4 is 5.32 Å². The van der Waals surface area contributed by atoms with E-state index in [4.69, 9.17) is 9.05 Å². The molecule has 0 aliphatic rings. The van der Waals surface area contributed by atoms with E-state index in [0.29, 0.717) is 17.4 Å². The Kier molecular flexibility index (Phi) is 33.6. The highest BCUT2D eigenvalue weighted by Crippen LogP contribution is 2.43. The Labute approximate surface area is 315 Å². The van der Waals surface area contributed by atoms with Gasteiger partial charge in [-0.25, -0.2) is 4.57 Å². The normalized spacial score (nSPS) is 14.9. The number of quaternary nitrogens is 1. The molecule has 0 saturated carbocycles. The van der Waals surface area contributed by atoms with Crippen molar-refractivity contribution >= 4 is 13.7 Å². The standard InChI is InChI=1S/C42H81N2O6P/c1-6-8-10-12-14-16-18-20-21-22-23-24-25-27-29-31-33-35-41(45)40(39-50-51(47,48)49-38-37-44(3,4)5)43-42(46)36-34-32-30-28-26-19-17-15-13-11-9-7-2/h15,17,25,27,33,35,40-41,45H,6-14,16,18-24,26,28-32,34,36-39H2,1-5H3,(H-,43,46,47,48)/p+1/b17-15-,27-25+,35-33+. The van der Waals surface area contributed by atoms with Crippen LogP contribution in [0.3, 0.4) is 0 Å². The number of nitrogens with one attached hydrogen (secondary N) is 1. The van der Waals surface area contributed by atoms with Crippen LogP contribution in [0.4, 0.5) is 0 Å². The molecule has 9 heteroatoms. The second-order valence-electron chi connectivity index (χ2n) is 15.4. The maximum atomic E-state index is 12.8. The van der Waals surface area contributed by atoms with Crippen LogP contribution in [-0.4, -0.2) is 73.4 Å². The molecule has 0 saturated heterocycles. The van der Waals surface area contributed by atoms with Gasteiger partial charge in [0.25, 0.3) is 0 Å². The predicted octanol–water partition coefficient (Wildman–Crippen LogP) is 11.1. The number of unbranched alkanes of at least 4 members (excludes halogenated alkanes) is 20. The van der Waals surface area contributed by atoms with Crippen LogP contribution in [0.5, 0.6) is 0 Å². The van der Waals surface area contributed by atoms with Crippen molar-refractivity contribution in [2.24, 2.45) is 0 Å². The fraction of sp³-hybridized carbons (Fsp3) is 0.833. The molecule has 0 fully saturated rings. The van der Waals surface area contributed by atoms with Crippen LogP contribution in [0, 0.1) is 0 Å².